The summed E-state index contributed by atoms with van der Waals surface area (Å²) in [6, 6.07) is 5.99. The average Bonchev–Trinajstić information content (AvgIpc) is 2.80. The van der Waals surface area contributed by atoms with Crippen molar-refractivity contribution in [2.75, 3.05) is 6.54 Å². The maximum absolute atomic E-state index is 12.5. The predicted molar refractivity (Wildman–Crippen MR) is 70.1 cm³/mol. The lowest BCUT2D eigenvalue weighted by Gasteiger charge is -2.18. The molecule has 2 rings (SSSR count). The lowest BCUT2D eigenvalue weighted by atomic mass is 9.86. The molecule has 1 aromatic rings. The highest BCUT2D eigenvalue weighted by Crippen LogP contribution is 2.34. The summed E-state index contributed by atoms with van der Waals surface area (Å²) in [5.74, 6) is 0.849. The monoisotopic (exact) mass is 231 g/mol. The lowest BCUT2D eigenvalue weighted by molar-refractivity contribution is 0.0892. The van der Waals surface area contributed by atoms with E-state index in [2.05, 4.69) is 13.0 Å². The molecule has 0 heterocycles. The van der Waals surface area contributed by atoms with Crippen LogP contribution in [0.3, 0.4) is 0 Å². The molecular weight excluding hydrogens is 210 g/mol. The van der Waals surface area contributed by atoms with Gasteiger partial charge in [0, 0.05) is 11.5 Å². The van der Waals surface area contributed by atoms with Crippen LogP contribution in [-0.4, -0.2) is 12.3 Å². The van der Waals surface area contributed by atoms with Gasteiger partial charge in [-0.2, -0.15) is 0 Å². The molecule has 1 aliphatic carbocycles. The second kappa shape index (κ2) is 5.01. The molecule has 1 aromatic carbocycles. The summed E-state index contributed by atoms with van der Waals surface area (Å²) >= 11 is 0. The largest absolute Gasteiger partial charge is 0.330 e. The van der Waals surface area contributed by atoms with Crippen molar-refractivity contribution in [1.82, 2.24) is 0 Å². The Hall–Kier alpha value is -1.15. The molecule has 0 amide bonds. The van der Waals surface area contributed by atoms with E-state index in [4.69, 9.17) is 5.73 Å². The van der Waals surface area contributed by atoms with Gasteiger partial charge in [0.25, 0.3) is 0 Å². The number of hydrogen-bond donors (Lipinski definition) is 1. The van der Waals surface area contributed by atoms with Gasteiger partial charge >= 0.3 is 0 Å². The van der Waals surface area contributed by atoms with Crippen molar-refractivity contribution < 1.29 is 4.79 Å². The van der Waals surface area contributed by atoms with Crippen molar-refractivity contribution in [2.24, 2.45) is 17.6 Å². The molecule has 0 spiro atoms. The number of nitrogens with two attached hydrogens (primary N) is 1. The van der Waals surface area contributed by atoms with E-state index in [1.807, 2.05) is 19.1 Å². The number of carbonyl (C=O) groups excluding carboxylic acids is 1. The summed E-state index contributed by atoms with van der Waals surface area (Å²) in [5.41, 5.74) is 8.97. The maximum atomic E-state index is 12.5. The third-order valence-corrected chi connectivity index (χ3v) is 4.17. The van der Waals surface area contributed by atoms with E-state index in [0.29, 0.717) is 18.2 Å². The first kappa shape index (κ1) is 12.3. The van der Waals surface area contributed by atoms with E-state index >= 15 is 0 Å². The van der Waals surface area contributed by atoms with Crippen LogP contribution in [0.5, 0.6) is 0 Å². The van der Waals surface area contributed by atoms with Crippen LogP contribution in [0.15, 0.2) is 18.2 Å². The highest BCUT2D eigenvalue weighted by Gasteiger charge is 2.32. The number of Topliss-reactive ketones (excluding diaryl/α,β-unsaturated/α-hetero) is 1. The van der Waals surface area contributed by atoms with Gasteiger partial charge in [-0.05, 0) is 50.3 Å². The van der Waals surface area contributed by atoms with Crippen LogP contribution < -0.4 is 5.73 Å². The molecule has 1 saturated carbocycles. The smallest absolute Gasteiger partial charge is 0.166 e. The normalized spacial score (nSPS) is 23.9. The fourth-order valence-electron chi connectivity index (χ4n) is 2.88. The van der Waals surface area contributed by atoms with Crippen molar-refractivity contribution in [3.8, 4) is 0 Å². The van der Waals surface area contributed by atoms with Crippen LogP contribution in [0.2, 0.25) is 0 Å². The zero-order valence-corrected chi connectivity index (χ0v) is 10.7. The van der Waals surface area contributed by atoms with Gasteiger partial charge in [-0.15, -0.1) is 0 Å². The number of hydrogen-bond acceptors (Lipinski definition) is 2. The topological polar surface area (TPSA) is 43.1 Å². The molecule has 0 aromatic heterocycles. The quantitative estimate of drug-likeness (QED) is 0.813. The maximum Gasteiger partial charge on any atom is 0.166 e. The Kier molecular flexibility index (Phi) is 3.63. The molecule has 1 aliphatic rings. The minimum atomic E-state index is 0.153. The SMILES string of the molecule is Cc1cccc(C(=O)C2CCCC2CN)c1C. The van der Waals surface area contributed by atoms with E-state index in [1.165, 1.54) is 5.56 Å². The van der Waals surface area contributed by atoms with Crippen molar-refractivity contribution in [1.29, 1.82) is 0 Å². The average molecular weight is 231 g/mol. The number of aryl methyl sites for hydroxylation is 1. The van der Waals surface area contributed by atoms with Gasteiger partial charge < -0.3 is 5.73 Å². The van der Waals surface area contributed by atoms with E-state index in [-0.39, 0.29) is 5.92 Å². The van der Waals surface area contributed by atoms with Crippen molar-refractivity contribution in [3.05, 3.63) is 34.9 Å². The van der Waals surface area contributed by atoms with Crippen LogP contribution in [0.25, 0.3) is 0 Å². The van der Waals surface area contributed by atoms with E-state index in [1.54, 1.807) is 0 Å². The van der Waals surface area contributed by atoms with Gasteiger partial charge in [-0.25, -0.2) is 0 Å². The second-order valence-corrected chi connectivity index (χ2v) is 5.14. The molecule has 2 atom stereocenters. The molecule has 0 saturated heterocycles. The van der Waals surface area contributed by atoms with E-state index in [9.17, 15) is 4.79 Å². The molecule has 0 radical (unpaired) electrons. The summed E-state index contributed by atoms with van der Waals surface area (Å²) in [5, 5.41) is 0. The first-order valence-electron chi connectivity index (χ1n) is 6.45. The molecule has 92 valence electrons. The summed E-state index contributed by atoms with van der Waals surface area (Å²) in [6.45, 7) is 4.73. The molecule has 2 unspecified atom stereocenters. The Morgan fingerprint density at radius 1 is 1.35 bits per heavy atom. The van der Waals surface area contributed by atoms with Crippen LogP contribution in [-0.2, 0) is 0 Å². The van der Waals surface area contributed by atoms with Crippen molar-refractivity contribution in [2.45, 2.75) is 33.1 Å². The molecule has 2 N–H and O–H groups in total. The number of carbonyl (C=O) groups is 1. The van der Waals surface area contributed by atoms with Gasteiger partial charge in [0.1, 0.15) is 0 Å². The van der Waals surface area contributed by atoms with Gasteiger partial charge in [0.15, 0.2) is 5.78 Å². The van der Waals surface area contributed by atoms with Gasteiger partial charge in [-0.3, -0.25) is 4.79 Å². The summed E-state index contributed by atoms with van der Waals surface area (Å²) in [4.78, 5) is 12.5. The van der Waals surface area contributed by atoms with Gasteiger partial charge in [-0.1, -0.05) is 24.6 Å². The Morgan fingerprint density at radius 3 is 2.82 bits per heavy atom. The second-order valence-electron chi connectivity index (χ2n) is 5.14. The third-order valence-electron chi connectivity index (χ3n) is 4.17. The molecule has 2 heteroatoms. The lowest BCUT2D eigenvalue weighted by Crippen LogP contribution is -2.25. The van der Waals surface area contributed by atoms with Crippen LogP contribution in [0.1, 0.15) is 40.7 Å². The highest BCUT2D eigenvalue weighted by atomic mass is 16.1. The van der Waals surface area contributed by atoms with Crippen molar-refractivity contribution in [3.63, 3.8) is 0 Å². The molecule has 2 nitrogen and oxygen atoms in total. The van der Waals surface area contributed by atoms with Crippen molar-refractivity contribution >= 4 is 5.78 Å². The molecule has 0 aliphatic heterocycles. The van der Waals surface area contributed by atoms with Gasteiger partial charge in [0.05, 0.1) is 0 Å². The zero-order chi connectivity index (χ0) is 12.4. The first-order chi connectivity index (χ1) is 8.15. The molecule has 0 bridgehead atoms. The summed E-state index contributed by atoms with van der Waals surface area (Å²) in [7, 11) is 0. The standard InChI is InChI=1S/C15H21NO/c1-10-5-3-7-13(11(10)2)15(17)14-8-4-6-12(14)9-16/h3,5,7,12,14H,4,6,8-9,16H2,1-2H3. The minimum absolute atomic E-state index is 0.153. The third kappa shape index (κ3) is 2.27. The Balaban J connectivity index is 2.28. The number of rotatable bonds is 3. The van der Waals surface area contributed by atoms with E-state index < -0.39 is 0 Å². The summed E-state index contributed by atoms with van der Waals surface area (Å²) < 4.78 is 0. The molecule has 1 fully saturated rings. The fourth-order valence-corrected chi connectivity index (χ4v) is 2.88. The highest BCUT2D eigenvalue weighted by molar-refractivity contribution is 5.99. The van der Waals surface area contributed by atoms with Gasteiger partial charge in [0.2, 0.25) is 0 Å². The Bertz CT molecular complexity index is 425. The fraction of sp³-hybridized carbons (Fsp3) is 0.533. The Labute approximate surface area is 103 Å². The molecular formula is C15H21NO. The predicted octanol–water partition coefficient (Wildman–Crippen LogP) is 2.86. The minimum Gasteiger partial charge on any atom is -0.330 e. The van der Waals surface area contributed by atoms with E-state index in [0.717, 1.165) is 30.4 Å². The van der Waals surface area contributed by atoms with Crippen LogP contribution >= 0.6 is 0 Å². The molecule has 17 heavy (non-hydrogen) atoms. The zero-order valence-electron chi connectivity index (χ0n) is 10.7. The van der Waals surface area contributed by atoms with Crippen LogP contribution in [0, 0.1) is 25.7 Å². The number of benzene rings is 1. The van der Waals surface area contributed by atoms with Crippen LogP contribution in [0.4, 0.5) is 0 Å². The number of ketones is 1. The first-order valence-corrected chi connectivity index (χ1v) is 6.45. The Morgan fingerprint density at radius 2 is 2.12 bits per heavy atom. The summed E-state index contributed by atoms with van der Waals surface area (Å²) in [6.07, 6.45) is 3.26.